The third-order valence-electron chi connectivity index (χ3n) is 1.76. The van der Waals surface area contributed by atoms with E-state index in [0.717, 1.165) is 0 Å². The number of esters is 1. The highest BCUT2D eigenvalue weighted by molar-refractivity contribution is 5.69. The quantitative estimate of drug-likeness (QED) is 0.616. The molecule has 0 aromatic rings. The molecule has 0 radical (unpaired) electrons. The van der Waals surface area contributed by atoms with E-state index in [1.165, 1.54) is 0 Å². The molecule has 0 aromatic carbocycles. The van der Waals surface area contributed by atoms with E-state index < -0.39 is 6.10 Å². The monoisotopic (exact) mass is 174 g/mol. The Morgan fingerprint density at radius 1 is 1.75 bits per heavy atom. The zero-order chi connectivity index (χ0) is 8.97. The van der Waals surface area contributed by atoms with Crippen LogP contribution in [0.3, 0.4) is 0 Å². The molecule has 1 fully saturated rings. The van der Waals surface area contributed by atoms with Crippen LogP contribution in [0.15, 0.2) is 0 Å². The molecule has 0 bridgehead atoms. The molecule has 4 heteroatoms. The molecule has 0 spiro atoms. The average molecular weight is 174 g/mol. The SMILES string of the molecule is CCOC(=O)CC1CC(O)CO1. The molecule has 0 aromatic heterocycles. The van der Waals surface area contributed by atoms with Gasteiger partial charge >= 0.3 is 5.97 Å². The number of hydrogen-bond acceptors (Lipinski definition) is 4. The number of rotatable bonds is 3. The summed E-state index contributed by atoms with van der Waals surface area (Å²) in [5.74, 6) is -0.253. The number of carbonyl (C=O) groups excluding carboxylic acids is 1. The van der Waals surface area contributed by atoms with Gasteiger partial charge in [0.15, 0.2) is 0 Å². The van der Waals surface area contributed by atoms with Crippen molar-refractivity contribution in [2.24, 2.45) is 0 Å². The average Bonchev–Trinajstić information content (AvgIpc) is 2.36. The first-order chi connectivity index (χ1) is 5.72. The van der Waals surface area contributed by atoms with Crippen LogP contribution in [0.4, 0.5) is 0 Å². The lowest BCUT2D eigenvalue weighted by Gasteiger charge is -2.07. The van der Waals surface area contributed by atoms with Crippen LogP contribution in [0.25, 0.3) is 0 Å². The Bertz CT molecular complexity index is 157. The van der Waals surface area contributed by atoms with E-state index in [1.807, 2.05) is 0 Å². The first-order valence-corrected chi connectivity index (χ1v) is 4.17. The van der Waals surface area contributed by atoms with Crippen molar-refractivity contribution in [1.29, 1.82) is 0 Å². The summed E-state index contributed by atoms with van der Waals surface area (Å²) < 4.78 is 9.87. The summed E-state index contributed by atoms with van der Waals surface area (Å²) in [4.78, 5) is 10.9. The van der Waals surface area contributed by atoms with Gasteiger partial charge in [-0.1, -0.05) is 0 Å². The van der Waals surface area contributed by atoms with Crippen molar-refractivity contribution < 1.29 is 19.4 Å². The fourth-order valence-corrected chi connectivity index (χ4v) is 1.23. The molecule has 0 aliphatic carbocycles. The van der Waals surface area contributed by atoms with E-state index in [4.69, 9.17) is 14.6 Å². The molecular formula is C8H14O4. The topological polar surface area (TPSA) is 55.8 Å². The third kappa shape index (κ3) is 2.79. The van der Waals surface area contributed by atoms with Gasteiger partial charge in [0.25, 0.3) is 0 Å². The fourth-order valence-electron chi connectivity index (χ4n) is 1.23. The van der Waals surface area contributed by atoms with Gasteiger partial charge in [-0.3, -0.25) is 4.79 Å². The van der Waals surface area contributed by atoms with E-state index in [0.29, 0.717) is 19.6 Å². The van der Waals surface area contributed by atoms with Crippen LogP contribution in [0.5, 0.6) is 0 Å². The van der Waals surface area contributed by atoms with Crippen molar-refractivity contribution >= 4 is 5.97 Å². The summed E-state index contributed by atoms with van der Waals surface area (Å²) >= 11 is 0. The van der Waals surface area contributed by atoms with Gasteiger partial charge in [-0.05, 0) is 6.92 Å². The molecule has 12 heavy (non-hydrogen) atoms. The van der Waals surface area contributed by atoms with Crippen LogP contribution >= 0.6 is 0 Å². The van der Waals surface area contributed by atoms with E-state index >= 15 is 0 Å². The largest absolute Gasteiger partial charge is 0.466 e. The number of aliphatic hydroxyl groups is 1. The highest BCUT2D eigenvalue weighted by Gasteiger charge is 2.25. The molecule has 1 heterocycles. The Balaban J connectivity index is 2.18. The lowest BCUT2D eigenvalue weighted by molar-refractivity contribution is -0.145. The summed E-state index contributed by atoms with van der Waals surface area (Å²) in [5, 5.41) is 9.07. The predicted molar refractivity (Wildman–Crippen MR) is 41.6 cm³/mol. The second-order valence-corrected chi connectivity index (χ2v) is 2.85. The molecule has 1 saturated heterocycles. The molecule has 2 unspecified atom stereocenters. The Labute approximate surface area is 71.5 Å². The van der Waals surface area contributed by atoms with Gasteiger partial charge < -0.3 is 14.6 Å². The molecule has 0 amide bonds. The minimum absolute atomic E-state index is 0.154. The minimum atomic E-state index is -0.413. The molecule has 1 N–H and O–H groups in total. The van der Waals surface area contributed by atoms with Crippen LogP contribution in [0, 0.1) is 0 Å². The molecule has 1 aliphatic rings. The molecule has 1 rings (SSSR count). The van der Waals surface area contributed by atoms with Crippen molar-refractivity contribution in [3.8, 4) is 0 Å². The minimum Gasteiger partial charge on any atom is -0.466 e. The van der Waals surface area contributed by atoms with E-state index in [-0.39, 0.29) is 18.5 Å². The van der Waals surface area contributed by atoms with Gasteiger partial charge in [0.1, 0.15) is 0 Å². The van der Waals surface area contributed by atoms with Crippen molar-refractivity contribution in [3.05, 3.63) is 0 Å². The van der Waals surface area contributed by atoms with Crippen LogP contribution in [-0.4, -0.2) is 36.5 Å². The Hall–Kier alpha value is -0.610. The molecule has 4 nitrogen and oxygen atoms in total. The van der Waals surface area contributed by atoms with E-state index in [2.05, 4.69) is 0 Å². The molecule has 1 aliphatic heterocycles. The number of carbonyl (C=O) groups is 1. The standard InChI is InChI=1S/C8H14O4/c1-2-11-8(10)4-7-3-6(9)5-12-7/h6-7,9H,2-5H2,1H3. The summed E-state index contributed by atoms with van der Waals surface area (Å²) in [6, 6.07) is 0. The van der Waals surface area contributed by atoms with Gasteiger partial charge in [0.2, 0.25) is 0 Å². The number of hydrogen-bond donors (Lipinski definition) is 1. The third-order valence-corrected chi connectivity index (χ3v) is 1.76. The zero-order valence-corrected chi connectivity index (χ0v) is 7.16. The second-order valence-electron chi connectivity index (χ2n) is 2.85. The van der Waals surface area contributed by atoms with Crippen molar-refractivity contribution in [2.75, 3.05) is 13.2 Å². The summed E-state index contributed by atoms with van der Waals surface area (Å²) in [5.41, 5.74) is 0. The van der Waals surface area contributed by atoms with E-state index in [9.17, 15) is 4.79 Å². The summed E-state index contributed by atoms with van der Waals surface area (Å²) in [6.07, 6.45) is 0.229. The molecule has 2 atom stereocenters. The van der Waals surface area contributed by atoms with Gasteiger partial charge in [0, 0.05) is 6.42 Å². The predicted octanol–water partition coefficient (Wildman–Crippen LogP) is 0.0894. The first-order valence-electron chi connectivity index (χ1n) is 4.17. The van der Waals surface area contributed by atoms with Gasteiger partial charge in [-0.2, -0.15) is 0 Å². The first kappa shape index (κ1) is 9.48. The van der Waals surface area contributed by atoms with Crippen LogP contribution in [0.1, 0.15) is 19.8 Å². The lowest BCUT2D eigenvalue weighted by Crippen LogP contribution is -2.15. The number of ether oxygens (including phenoxy) is 2. The Morgan fingerprint density at radius 2 is 2.50 bits per heavy atom. The summed E-state index contributed by atoms with van der Waals surface area (Å²) in [6.45, 7) is 2.50. The normalized spacial score (nSPS) is 28.8. The number of aliphatic hydroxyl groups excluding tert-OH is 1. The lowest BCUT2D eigenvalue weighted by atomic mass is 10.1. The van der Waals surface area contributed by atoms with Crippen LogP contribution in [-0.2, 0) is 14.3 Å². The van der Waals surface area contributed by atoms with Crippen molar-refractivity contribution in [1.82, 2.24) is 0 Å². The second kappa shape index (κ2) is 4.42. The molecule has 70 valence electrons. The highest BCUT2D eigenvalue weighted by atomic mass is 16.5. The van der Waals surface area contributed by atoms with E-state index in [1.54, 1.807) is 6.92 Å². The van der Waals surface area contributed by atoms with Crippen LogP contribution < -0.4 is 0 Å². The van der Waals surface area contributed by atoms with Gasteiger partial charge in [-0.15, -0.1) is 0 Å². The van der Waals surface area contributed by atoms with Gasteiger partial charge in [0.05, 0.1) is 31.8 Å². The highest BCUT2D eigenvalue weighted by Crippen LogP contribution is 2.16. The zero-order valence-electron chi connectivity index (χ0n) is 7.16. The van der Waals surface area contributed by atoms with Crippen LogP contribution in [0.2, 0.25) is 0 Å². The smallest absolute Gasteiger partial charge is 0.308 e. The Kier molecular flexibility index (Phi) is 3.49. The van der Waals surface area contributed by atoms with Crippen molar-refractivity contribution in [2.45, 2.75) is 32.0 Å². The summed E-state index contributed by atoms with van der Waals surface area (Å²) in [7, 11) is 0. The fraction of sp³-hybridized carbons (Fsp3) is 0.875. The molecular weight excluding hydrogens is 160 g/mol. The maximum atomic E-state index is 10.9. The van der Waals surface area contributed by atoms with Crippen molar-refractivity contribution in [3.63, 3.8) is 0 Å². The van der Waals surface area contributed by atoms with Gasteiger partial charge in [-0.25, -0.2) is 0 Å². The Morgan fingerprint density at radius 3 is 3.00 bits per heavy atom. The molecule has 0 saturated carbocycles. The maximum absolute atomic E-state index is 10.9. The maximum Gasteiger partial charge on any atom is 0.308 e.